The zero-order chi connectivity index (χ0) is 43.3. The van der Waals surface area contributed by atoms with Crippen molar-refractivity contribution in [1.29, 1.82) is 0 Å². The summed E-state index contributed by atoms with van der Waals surface area (Å²) in [6.45, 7) is 0. The van der Waals surface area contributed by atoms with Crippen LogP contribution >= 0.6 is 0 Å². The first-order valence-electron chi connectivity index (χ1n) is 19.1. The van der Waals surface area contributed by atoms with Crippen LogP contribution in [-0.2, 0) is 0 Å². The Kier molecular flexibility index (Phi) is 9.44. The predicted octanol–water partition coefficient (Wildman–Crippen LogP) is 9.67. The van der Waals surface area contributed by atoms with Gasteiger partial charge in [-0.25, -0.2) is 0 Å². The monoisotopic (exact) mass is 932 g/mol. The van der Waals surface area contributed by atoms with Crippen LogP contribution in [0.25, 0.3) is 32.3 Å². The average Bonchev–Trinajstić information content (AvgIpc) is 3.22. The van der Waals surface area contributed by atoms with E-state index in [1.165, 1.54) is 18.6 Å². The van der Waals surface area contributed by atoms with Crippen molar-refractivity contribution in [3.05, 3.63) is 97.1 Å². The molecule has 0 atom stereocenters. The van der Waals surface area contributed by atoms with E-state index in [1.54, 1.807) is 12.1 Å². The Morgan fingerprint density at radius 1 is 0.317 bits per heavy atom. The number of aromatic hydroxyl groups is 10. The van der Waals surface area contributed by atoms with Crippen LogP contribution in [0.4, 0.5) is 34.1 Å². The van der Waals surface area contributed by atoms with E-state index < -0.39 is 84.0 Å². The molecule has 10 N–H and O–H groups in total. The number of hydrogen-bond donors (Lipinski definition) is 10. The summed E-state index contributed by atoms with van der Waals surface area (Å²) in [5, 5.41) is 114. The van der Waals surface area contributed by atoms with E-state index in [4.69, 9.17) is 0 Å². The Labute approximate surface area is 350 Å². The molecule has 0 spiro atoms. The van der Waals surface area contributed by atoms with Gasteiger partial charge >= 0.3 is 352 Å². The second-order valence-corrected chi connectivity index (χ2v) is 38.3. The van der Waals surface area contributed by atoms with E-state index in [1.807, 2.05) is 84.9 Å². The minimum atomic E-state index is -2.33. The molecule has 306 valence electrons. The van der Waals surface area contributed by atoms with Gasteiger partial charge in [0, 0.05) is 0 Å². The first-order valence-corrected chi connectivity index (χ1v) is 33.8. The second-order valence-electron chi connectivity index (χ2n) is 17.0. The normalized spacial score (nSPS) is 12.2. The fraction of sp³-hybridized carbons (Fsp3) is 0.130. The third kappa shape index (κ3) is 6.20. The molecule has 0 aliphatic carbocycles. The Hall–Kier alpha value is -6.51. The standard InChI is InChI=1S/C46H44Ge2N2O10/c1-47(2,3)25-11-15-27(16-12-25)49(35-37(51)41(55)45(59)42(56)38(35)52)31-21-9-23-8-20-30-32(22-10-24-7-19-29(31)33(23)34(24)30)50(28-17-13-26(14-18-28)48(4,5)6)36-39(53)43(57)46(60)44(58)40(36)54/h7-22,51-60H,1-6H3. The van der Waals surface area contributed by atoms with Crippen LogP contribution in [0.5, 0.6) is 57.5 Å². The molecular formula is C46H44Ge2N2O10. The Bertz CT molecular complexity index is 2750. The molecule has 0 unspecified atom stereocenters. The topological polar surface area (TPSA) is 209 Å². The molecule has 0 amide bonds. The number of rotatable bonds is 8. The molecule has 14 heteroatoms. The maximum atomic E-state index is 11.4. The molecule has 0 radical (unpaired) electrons. The number of hydrogen-bond acceptors (Lipinski definition) is 12. The van der Waals surface area contributed by atoms with Crippen molar-refractivity contribution in [2.75, 3.05) is 9.80 Å². The number of phenols is 10. The number of phenolic OH excluding ortho intramolecular Hbond substituents is 10. The summed E-state index contributed by atoms with van der Waals surface area (Å²) in [5.74, 6) is 3.74. The van der Waals surface area contributed by atoms with Gasteiger partial charge in [0.15, 0.2) is 0 Å². The van der Waals surface area contributed by atoms with Crippen molar-refractivity contribution in [3.63, 3.8) is 0 Å². The second kappa shape index (κ2) is 14.1. The van der Waals surface area contributed by atoms with Crippen LogP contribution in [0.2, 0.25) is 34.5 Å². The van der Waals surface area contributed by atoms with Crippen molar-refractivity contribution in [1.82, 2.24) is 0 Å². The molecule has 0 bridgehead atoms. The van der Waals surface area contributed by atoms with Gasteiger partial charge < -0.3 is 0 Å². The zero-order valence-electron chi connectivity index (χ0n) is 33.6. The SMILES string of the molecule is [CH3][Ge]([CH3])([CH3])[c]1ccc(N(c2c(O)c(O)c(O)c(O)c2O)c2ccc3ccc4c(N(c5cc[c]([Ge]([CH3])([CH3])[CH3])cc5)c5c(O)c(O)c(O)c(O)c5O)ccc5ccc2c3c54)cc1. The molecule has 0 saturated carbocycles. The summed E-state index contributed by atoms with van der Waals surface area (Å²) in [4.78, 5) is 3.00. The van der Waals surface area contributed by atoms with E-state index >= 15 is 0 Å². The first kappa shape index (κ1) is 40.3. The van der Waals surface area contributed by atoms with Gasteiger partial charge in [0.2, 0.25) is 0 Å². The van der Waals surface area contributed by atoms with Gasteiger partial charge in [-0.1, -0.05) is 0 Å². The molecule has 0 saturated heterocycles. The van der Waals surface area contributed by atoms with Crippen molar-refractivity contribution in [2.45, 2.75) is 34.5 Å². The zero-order valence-corrected chi connectivity index (χ0v) is 37.8. The van der Waals surface area contributed by atoms with E-state index in [-0.39, 0.29) is 11.4 Å². The van der Waals surface area contributed by atoms with Crippen LogP contribution in [-0.4, -0.2) is 77.6 Å². The number of benzene rings is 8. The summed E-state index contributed by atoms with van der Waals surface area (Å²) < 4.78 is 2.36. The van der Waals surface area contributed by atoms with Gasteiger partial charge in [-0.05, 0) is 0 Å². The van der Waals surface area contributed by atoms with E-state index in [9.17, 15) is 51.1 Å². The molecule has 60 heavy (non-hydrogen) atoms. The number of nitrogens with zero attached hydrogens (tertiary/aromatic N) is 2. The number of anilines is 6. The third-order valence-electron chi connectivity index (χ3n) is 11.2. The summed E-state index contributed by atoms with van der Waals surface area (Å²) in [7, 11) is 0. The van der Waals surface area contributed by atoms with Crippen molar-refractivity contribution in [2.24, 2.45) is 0 Å². The third-order valence-corrected chi connectivity index (χ3v) is 19.9. The molecule has 12 nitrogen and oxygen atoms in total. The molecule has 0 fully saturated rings. The van der Waals surface area contributed by atoms with Crippen molar-refractivity contribution < 1.29 is 51.1 Å². The Morgan fingerprint density at radius 2 is 0.583 bits per heavy atom. The van der Waals surface area contributed by atoms with E-state index in [0.29, 0.717) is 33.5 Å². The van der Waals surface area contributed by atoms with Crippen molar-refractivity contribution >= 4 is 102 Å². The molecule has 0 aliphatic rings. The predicted molar refractivity (Wildman–Crippen MR) is 242 cm³/mol. The summed E-state index contributed by atoms with van der Waals surface area (Å²) >= 11 is -4.65. The Balaban J connectivity index is 1.45. The molecule has 8 rings (SSSR count). The van der Waals surface area contributed by atoms with Crippen LogP contribution in [0.1, 0.15) is 0 Å². The van der Waals surface area contributed by atoms with Crippen molar-refractivity contribution in [3.8, 4) is 57.5 Å². The van der Waals surface area contributed by atoms with Gasteiger partial charge in [0.05, 0.1) is 0 Å². The maximum absolute atomic E-state index is 11.4. The summed E-state index contributed by atoms with van der Waals surface area (Å²) in [6.07, 6.45) is 0. The first-order chi connectivity index (χ1) is 28.2. The molecule has 0 heterocycles. The summed E-state index contributed by atoms with van der Waals surface area (Å²) in [5.41, 5.74) is 1.01. The van der Waals surface area contributed by atoms with E-state index in [2.05, 4.69) is 34.5 Å². The van der Waals surface area contributed by atoms with Crippen LogP contribution in [0, 0.1) is 0 Å². The molecule has 8 aromatic carbocycles. The van der Waals surface area contributed by atoms with Gasteiger partial charge in [-0.2, -0.15) is 0 Å². The van der Waals surface area contributed by atoms with Gasteiger partial charge in [-0.15, -0.1) is 0 Å². The summed E-state index contributed by atoms with van der Waals surface area (Å²) in [6, 6.07) is 30.0. The van der Waals surface area contributed by atoms with Gasteiger partial charge in [0.1, 0.15) is 0 Å². The fourth-order valence-corrected chi connectivity index (χ4v) is 12.8. The average molecular weight is 930 g/mol. The molecule has 8 aromatic rings. The fourth-order valence-electron chi connectivity index (χ4n) is 7.93. The Morgan fingerprint density at radius 3 is 0.867 bits per heavy atom. The van der Waals surface area contributed by atoms with Crippen LogP contribution < -0.4 is 18.6 Å². The quantitative estimate of drug-likeness (QED) is 0.0299. The van der Waals surface area contributed by atoms with E-state index in [0.717, 1.165) is 21.5 Å². The van der Waals surface area contributed by atoms with Gasteiger partial charge in [-0.3, -0.25) is 0 Å². The molecular weight excluding hydrogens is 886 g/mol. The molecule has 0 aliphatic heterocycles. The van der Waals surface area contributed by atoms with Gasteiger partial charge in [0.25, 0.3) is 0 Å². The molecule has 0 aromatic heterocycles. The minimum absolute atomic E-state index is 0.379. The van der Waals surface area contributed by atoms with Crippen LogP contribution in [0.3, 0.4) is 0 Å². The van der Waals surface area contributed by atoms with Crippen LogP contribution in [0.15, 0.2) is 97.1 Å².